The third-order valence-electron chi connectivity index (χ3n) is 4.41. The van der Waals surface area contributed by atoms with Crippen molar-refractivity contribution in [2.45, 2.75) is 44.6 Å². The number of hydrogen-bond acceptors (Lipinski definition) is 4. The molecule has 2 aromatic heterocycles. The molecule has 1 fully saturated rings. The zero-order valence-electron chi connectivity index (χ0n) is 13.0. The van der Waals surface area contributed by atoms with Gasteiger partial charge in [-0.15, -0.1) is 22.7 Å². The fourth-order valence-electron chi connectivity index (χ4n) is 3.21. The number of rotatable bonds is 7. The number of ketones is 1. The van der Waals surface area contributed by atoms with E-state index in [2.05, 4.69) is 16.8 Å². The first kappa shape index (κ1) is 16.4. The highest BCUT2D eigenvalue weighted by molar-refractivity contribution is 7.12. The lowest BCUT2D eigenvalue weighted by Crippen LogP contribution is -2.32. The highest BCUT2D eigenvalue weighted by Gasteiger charge is 2.28. The topological polar surface area (TPSA) is 46.2 Å². The Kier molecular flexibility index (Phi) is 5.62. The van der Waals surface area contributed by atoms with Gasteiger partial charge in [-0.05, 0) is 41.7 Å². The Labute approximate surface area is 144 Å². The Morgan fingerprint density at radius 2 is 1.83 bits per heavy atom. The second kappa shape index (κ2) is 7.88. The van der Waals surface area contributed by atoms with E-state index < -0.39 is 0 Å². The summed E-state index contributed by atoms with van der Waals surface area (Å²) in [7, 11) is 0. The molecule has 1 aliphatic carbocycles. The minimum Gasteiger partial charge on any atom is -0.348 e. The van der Waals surface area contributed by atoms with E-state index in [4.69, 9.17) is 0 Å². The molecule has 0 radical (unpaired) electrons. The Hall–Kier alpha value is -1.46. The van der Waals surface area contributed by atoms with Crippen LogP contribution in [0.25, 0.3) is 0 Å². The molecule has 0 saturated heterocycles. The van der Waals surface area contributed by atoms with E-state index in [9.17, 15) is 9.59 Å². The maximum absolute atomic E-state index is 12.3. The molecular formula is C18H21NO2S2. The molecule has 5 heteroatoms. The van der Waals surface area contributed by atoms with Crippen molar-refractivity contribution in [3.8, 4) is 0 Å². The summed E-state index contributed by atoms with van der Waals surface area (Å²) in [6.45, 7) is 0. The summed E-state index contributed by atoms with van der Waals surface area (Å²) >= 11 is 3.14. The van der Waals surface area contributed by atoms with Crippen LogP contribution >= 0.6 is 22.7 Å². The Morgan fingerprint density at radius 3 is 2.48 bits per heavy atom. The van der Waals surface area contributed by atoms with Crippen molar-refractivity contribution in [2.75, 3.05) is 0 Å². The Morgan fingerprint density at radius 1 is 1.09 bits per heavy atom. The predicted molar refractivity (Wildman–Crippen MR) is 95.0 cm³/mol. The Balaban J connectivity index is 1.56. The molecule has 1 saturated carbocycles. The summed E-state index contributed by atoms with van der Waals surface area (Å²) in [5.41, 5.74) is 0. The van der Waals surface area contributed by atoms with Crippen molar-refractivity contribution in [3.05, 3.63) is 44.8 Å². The van der Waals surface area contributed by atoms with Crippen LogP contribution in [-0.2, 0) is 4.79 Å². The standard InChI is InChI=1S/C18H21NO2S2/c20-14(15-7-3-11-22-15)9-10-17(21)19-18(13-5-1-2-6-13)16-8-4-12-23-16/h3-4,7-8,11-13,18H,1-2,5-6,9-10H2,(H,19,21). The summed E-state index contributed by atoms with van der Waals surface area (Å²) in [5.74, 6) is 0.578. The normalized spacial score (nSPS) is 16.3. The van der Waals surface area contributed by atoms with Gasteiger partial charge in [0.05, 0.1) is 10.9 Å². The van der Waals surface area contributed by atoms with E-state index in [1.165, 1.54) is 41.9 Å². The number of Topliss-reactive ketones (excluding diaryl/α,β-unsaturated/α-hetero) is 1. The molecule has 1 unspecified atom stereocenters. The van der Waals surface area contributed by atoms with Crippen molar-refractivity contribution < 1.29 is 9.59 Å². The molecule has 1 atom stereocenters. The lowest BCUT2D eigenvalue weighted by molar-refractivity contribution is -0.122. The van der Waals surface area contributed by atoms with Crippen LogP contribution < -0.4 is 5.32 Å². The molecule has 0 aromatic carbocycles. The van der Waals surface area contributed by atoms with Crippen LogP contribution in [0.4, 0.5) is 0 Å². The van der Waals surface area contributed by atoms with E-state index in [0.717, 1.165) is 4.88 Å². The number of carbonyl (C=O) groups is 2. The van der Waals surface area contributed by atoms with Crippen LogP contribution in [0.5, 0.6) is 0 Å². The van der Waals surface area contributed by atoms with Crippen LogP contribution in [0, 0.1) is 5.92 Å². The largest absolute Gasteiger partial charge is 0.348 e. The first-order valence-corrected chi connectivity index (χ1v) is 9.89. The summed E-state index contributed by atoms with van der Waals surface area (Å²) in [4.78, 5) is 26.3. The molecule has 0 spiro atoms. The fourth-order valence-corrected chi connectivity index (χ4v) is 4.78. The first-order chi connectivity index (χ1) is 11.2. The molecule has 1 aliphatic rings. The van der Waals surface area contributed by atoms with Crippen LogP contribution in [-0.4, -0.2) is 11.7 Å². The first-order valence-electron chi connectivity index (χ1n) is 8.13. The summed E-state index contributed by atoms with van der Waals surface area (Å²) in [6.07, 6.45) is 5.41. The molecule has 0 bridgehead atoms. The second-order valence-corrected chi connectivity index (χ2v) is 7.93. The van der Waals surface area contributed by atoms with Gasteiger partial charge in [0.2, 0.25) is 5.91 Å². The molecule has 1 N–H and O–H groups in total. The van der Waals surface area contributed by atoms with Gasteiger partial charge in [0.1, 0.15) is 0 Å². The van der Waals surface area contributed by atoms with Gasteiger partial charge in [0.25, 0.3) is 0 Å². The number of amides is 1. The van der Waals surface area contributed by atoms with Crippen LogP contribution in [0.2, 0.25) is 0 Å². The minimum atomic E-state index is -0.0137. The lowest BCUT2D eigenvalue weighted by atomic mass is 9.96. The molecule has 1 amide bonds. The van der Waals surface area contributed by atoms with Gasteiger partial charge in [-0.1, -0.05) is 25.0 Å². The number of carbonyl (C=O) groups excluding carboxylic acids is 2. The lowest BCUT2D eigenvalue weighted by Gasteiger charge is -2.23. The van der Waals surface area contributed by atoms with Crippen molar-refractivity contribution in [3.63, 3.8) is 0 Å². The van der Waals surface area contributed by atoms with E-state index >= 15 is 0 Å². The van der Waals surface area contributed by atoms with Gasteiger partial charge in [-0.3, -0.25) is 9.59 Å². The van der Waals surface area contributed by atoms with E-state index in [1.54, 1.807) is 11.3 Å². The smallest absolute Gasteiger partial charge is 0.220 e. The minimum absolute atomic E-state index is 0.0137. The molecule has 122 valence electrons. The average Bonchev–Trinajstić information content (AvgIpc) is 3.33. The number of hydrogen-bond donors (Lipinski definition) is 1. The van der Waals surface area contributed by atoms with Gasteiger partial charge >= 0.3 is 0 Å². The van der Waals surface area contributed by atoms with Gasteiger partial charge in [-0.2, -0.15) is 0 Å². The Bertz CT molecular complexity index is 628. The highest BCUT2D eigenvalue weighted by Crippen LogP contribution is 2.37. The predicted octanol–water partition coefficient (Wildman–Crippen LogP) is 4.82. The van der Waals surface area contributed by atoms with Gasteiger partial charge in [0, 0.05) is 17.7 Å². The maximum atomic E-state index is 12.3. The monoisotopic (exact) mass is 347 g/mol. The molecule has 2 heterocycles. The zero-order chi connectivity index (χ0) is 16.1. The SMILES string of the molecule is O=C(CCC(=O)c1cccs1)NC(c1cccs1)C1CCCC1. The van der Waals surface area contributed by atoms with Gasteiger partial charge in [-0.25, -0.2) is 0 Å². The molecule has 0 aliphatic heterocycles. The second-order valence-electron chi connectivity index (χ2n) is 6.01. The van der Waals surface area contributed by atoms with Crippen LogP contribution in [0.3, 0.4) is 0 Å². The summed E-state index contributed by atoms with van der Waals surface area (Å²) in [5, 5.41) is 7.13. The van der Waals surface area contributed by atoms with Crippen molar-refractivity contribution in [1.82, 2.24) is 5.32 Å². The molecule has 23 heavy (non-hydrogen) atoms. The van der Waals surface area contributed by atoms with E-state index in [1.807, 2.05) is 23.6 Å². The third-order valence-corrected chi connectivity index (χ3v) is 6.28. The molecule has 3 nitrogen and oxygen atoms in total. The summed E-state index contributed by atoms with van der Waals surface area (Å²) in [6, 6.07) is 7.93. The zero-order valence-corrected chi connectivity index (χ0v) is 14.6. The van der Waals surface area contributed by atoms with Crippen LogP contribution in [0.1, 0.15) is 59.1 Å². The number of nitrogens with one attached hydrogen (secondary N) is 1. The molecular weight excluding hydrogens is 326 g/mol. The average molecular weight is 348 g/mol. The van der Waals surface area contributed by atoms with E-state index in [0.29, 0.717) is 5.92 Å². The maximum Gasteiger partial charge on any atom is 0.220 e. The van der Waals surface area contributed by atoms with Crippen molar-refractivity contribution in [1.29, 1.82) is 0 Å². The third kappa shape index (κ3) is 4.30. The fraction of sp³-hybridized carbons (Fsp3) is 0.444. The van der Waals surface area contributed by atoms with Crippen molar-refractivity contribution >= 4 is 34.4 Å². The van der Waals surface area contributed by atoms with Gasteiger partial charge in [0.15, 0.2) is 5.78 Å². The molecule has 3 rings (SSSR count). The quantitative estimate of drug-likeness (QED) is 0.730. The van der Waals surface area contributed by atoms with Crippen molar-refractivity contribution in [2.24, 2.45) is 5.92 Å². The summed E-state index contributed by atoms with van der Waals surface area (Å²) < 4.78 is 0. The highest BCUT2D eigenvalue weighted by atomic mass is 32.1. The number of thiophene rings is 2. The molecule has 2 aromatic rings. The van der Waals surface area contributed by atoms with Crippen LogP contribution in [0.15, 0.2) is 35.0 Å². The van der Waals surface area contributed by atoms with E-state index in [-0.39, 0.29) is 30.6 Å². The van der Waals surface area contributed by atoms with Gasteiger partial charge < -0.3 is 5.32 Å².